The van der Waals surface area contributed by atoms with E-state index in [1.165, 1.54) is 0 Å². The highest BCUT2D eigenvalue weighted by Crippen LogP contribution is 2.21. The maximum absolute atomic E-state index is 12.3. The average Bonchev–Trinajstić information content (AvgIpc) is 2.58. The summed E-state index contributed by atoms with van der Waals surface area (Å²) in [5, 5.41) is 0. The Kier molecular flexibility index (Phi) is 5.66. The van der Waals surface area contributed by atoms with E-state index in [-0.39, 0.29) is 5.75 Å². The predicted octanol–water partition coefficient (Wildman–Crippen LogP) is 3.14. The molecular weight excluding hydrogens is 402 g/mol. The lowest BCUT2D eigenvalue weighted by atomic mass is 10.2. The van der Waals surface area contributed by atoms with Crippen LogP contribution in [0.3, 0.4) is 0 Å². The normalized spacial score (nSPS) is 16.0. The predicted molar refractivity (Wildman–Crippen MR) is 107 cm³/mol. The monoisotopic (exact) mass is 423 g/mol. The number of benzene rings is 2. The summed E-state index contributed by atoms with van der Waals surface area (Å²) < 4.78 is 28.3. The number of halogens is 1. The van der Waals surface area contributed by atoms with E-state index in [2.05, 4.69) is 37.5 Å². The van der Waals surface area contributed by atoms with Gasteiger partial charge in [-0.05, 0) is 49.0 Å². The number of piperazine rings is 1. The number of likely N-dealkylation sites (N-methyl/N-ethyl adjacent to an activating group) is 1. The summed E-state index contributed by atoms with van der Waals surface area (Å²) in [5.41, 5.74) is 2.48. The zero-order valence-electron chi connectivity index (χ0n) is 14.2. The second-order valence-corrected chi connectivity index (χ2v) is 8.96. The number of rotatable bonds is 5. The van der Waals surface area contributed by atoms with Crippen LogP contribution < -0.4 is 9.62 Å². The summed E-state index contributed by atoms with van der Waals surface area (Å²) in [5.74, 6) is -0.0412. The molecule has 0 unspecified atom stereocenters. The van der Waals surface area contributed by atoms with Gasteiger partial charge in [-0.25, -0.2) is 8.42 Å². The lowest BCUT2D eigenvalue weighted by molar-refractivity contribution is 0.313. The summed E-state index contributed by atoms with van der Waals surface area (Å²) in [6, 6.07) is 14.9. The fourth-order valence-corrected chi connectivity index (χ4v) is 4.28. The average molecular weight is 424 g/mol. The zero-order chi connectivity index (χ0) is 17.9. The second-order valence-electron chi connectivity index (χ2n) is 6.32. The molecule has 1 N–H and O–H groups in total. The maximum Gasteiger partial charge on any atom is 0.236 e. The van der Waals surface area contributed by atoms with Crippen LogP contribution in [0.15, 0.2) is 53.0 Å². The van der Waals surface area contributed by atoms with Crippen molar-refractivity contribution in [2.75, 3.05) is 42.8 Å². The molecule has 0 aliphatic carbocycles. The van der Waals surface area contributed by atoms with E-state index < -0.39 is 10.0 Å². The van der Waals surface area contributed by atoms with Crippen molar-refractivity contribution in [3.8, 4) is 0 Å². The second kappa shape index (κ2) is 7.76. The standard InChI is InChI=1S/C18H22BrN3O2S/c1-21-10-12-22(13-11-21)18-8-6-17(7-9-18)20-25(23,24)14-15-2-4-16(19)5-3-15/h2-9,20H,10-14H2,1H3. The quantitative estimate of drug-likeness (QED) is 0.802. The Morgan fingerprint density at radius 1 is 0.960 bits per heavy atom. The van der Waals surface area contributed by atoms with Crippen LogP contribution in [0.1, 0.15) is 5.56 Å². The molecule has 1 aliphatic rings. The first-order chi connectivity index (χ1) is 11.9. The van der Waals surface area contributed by atoms with E-state index in [9.17, 15) is 8.42 Å². The van der Waals surface area contributed by atoms with Crippen LogP contribution in [-0.4, -0.2) is 46.5 Å². The van der Waals surface area contributed by atoms with Gasteiger partial charge in [-0.15, -0.1) is 0 Å². The SMILES string of the molecule is CN1CCN(c2ccc(NS(=O)(=O)Cc3ccc(Br)cc3)cc2)CC1. The van der Waals surface area contributed by atoms with Crippen molar-refractivity contribution in [1.29, 1.82) is 0 Å². The highest BCUT2D eigenvalue weighted by molar-refractivity contribution is 9.10. The van der Waals surface area contributed by atoms with Crippen LogP contribution in [0.5, 0.6) is 0 Å². The first-order valence-corrected chi connectivity index (χ1v) is 10.6. The van der Waals surface area contributed by atoms with E-state index in [4.69, 9.17) is 0 Å². The van der Waals surface area contributed by atoms with Gasteiger partial charge in [0.1, 0.15) is 0 Å². The molecule has 1 fully saturated rings. The smallest absolute Gasteiger partial charge is 0.236 e. The van der Waals surface area contributed by atoms with Gasteiger partial charge in [0.05, 0.1) is 5.75 Å². The third-order valence-corrected chi connectivity index (χ3v) is 6.07. The molecule has 1 heterocycles. The molecule has 1 aliphatic heterocycles. The number of anilines is 2. The van der Waals surface area contributed by atoms with E-state index in [0.717, 1.165) is 41.9 Å². The van der Waals surface area contributed by atoms with Crippen LogP contribution in [0, 0.1) is 0 Å². The Balaban J connectivity index is 1.63. The Bertz CT molecular complexity index is 799. The lowest BCUT2D eigenvalue weighted by Crippen LogP contribution is -2.44. The summed E-state index contributed by atoms with van der Waals surface area (Å²) in [7, 11) is -1.31. The van der Waals surface area contributed by atoms with Gasteiger partial charge in [-0.2, -0.15) is 0 Å². The zero-order valence-corrected chi connectivity index (χ0v) is 16.6. The molecule has 0 atom stereocenters. The molecule has 0 amide bonds. The molecule has 0 bridgehead atoms. The number of sulfonamides is 1. The molecule has 2 aromatic rings. The molecule has 25 heavy (non-hydrogen) atoms. The van der Waals surface area contributed by atoms with Crippen molar-refractivity contribution >= 4 is 37.3 Å². The molecule has 0 saturated carbocycles. The minimum atomic E-state index is -3.43. The van der Waals surface area contributed by atoms with Crippen LogP contribution in [0.4, 0.5) is 11.4 Å². The minimum Gasteiger partial charge on any atom is -0.369 e. The summed E-state index contributed by atoms with van der Waals surface area (Å²) >= 11 is 3.35. The van der Waals surface area contributed by atoms with Crippen molar-refractivity contribution in [3.63, 3.8) is 0 Å². The van der Waals surface area contributed by atoms with Crippen LogP contribution in [-0.2, 0) is 15.8 Å². The fraction of sp³-hybridized carbons (Fsp3) is 0.333. The molecule has 1 saturated heterocycles. The van der Waals surface area contributed by atoms with Crippen molar-refractivity contribution in [2.45, 2.75) is 5.75 Å². The Hall–Kier alpha value is -1.57. The van der Waals surface area contributed by atoms with Gasteiger partial charge in [-0.3, -0.25) is 4.72 Å². The molecule has 134 valence electrons. The number of hydrogen-bond acceptors (Lipinski definition) is 4. The van der Waals surface area contributed by atoms with E-state index >= 15 is 0 Å². The molecule has 0 spiro atoms. The third-order valence-electron chi connectivity index (χ3n) is 4.28. The minimum absolute atomic E-state index is 0.0412. The van der Waals surface area contributed by atoms with Gasteiger partial charge >= 0.3 is 0 Å². The van der Waals surface area contributed by atoms with Gasteiger partial charge in [0.25, 0.3) is 0 Å². The maximum atomic E-state index is 12.3. The van der Waals surface area contributed by atoms with Crippen molar-refractivity contribution in [3.05, 3.63) is 58.6 Å². The summed E-state index contributed by atoms with van der Waals surface area (Å²) in [6.07, 6.45) is 0. The Morgan fingerprint density at radius 3 is 2.16 bits per heavy atom. The highest BCUT2D eigenvalue weighted by Gasteiger charge is 2.15. The van der Waals surface area contributed by atoms with Gasteiger partial charge in [0, 0.05) is 42.0 Å². The number of hydrogen-bond donors (Lipinski definition) is 1. The van der Waals surface area contributed by atoms with Crippen LogP contribution >= 0.6 is 15.9 Å². The molecule has 5 nitrogen and oxygen atoms in total. The molecular formula is C18H22BrN3O2S. The number of nitrogens with one attached hydrogen (secondary N) is 1. The van der Waals surface area contributed by atoms with Gasteiger partial charge in [-0.1, -0.05) is 28.1 Å². The largest absolute Gasteiger partial charge is 0.369 e. The van der Waals surface area contributed by atoms with Gasteiger partial charge in [0.2, 0.25) is 10.0 Å². The first-order valence-electron chi connectivity index (χ1n) is 8.20. The highest BCUT2D eigenvalue weighted by atomic mass is 79.9. The van der Waals surface area contributed by atoms with E-state index in [1.54, 1.807) is 12.1 Å². The van der Waals surface area contributed by atoms with Crippen molar-refractivity contribution in [2.24, 2.45) is 0 Å². The molecule has 3 rings (SSSR count). The molecule has 2 aromatic carbocycles. The van der Waals surface area contributed by atoms with Gasteiger partial charge < -0.3 is 9.80 Å². The fourth-order valence-electron chi connectivity index (χ4n) is 2.82. The Labute approximate surface area is 157 Å². The van der Waals surface area contributed by atoms with Crippen molar-refractivity contribution < 1.29 is 8.42 Å². The molecule has 0 radical (unpaired) electrons. The summed E-state index contributed by atoms with van der Waals surface area (Å²) in [6.45, 7) is 4.07. The lowest BCUT2D eigenvalue weighted by Gasteiger charge is -2.34. The van der Waals surface area contributed by atoms with E-state index in [0.29, 0.717) is 5.69 Å². The third kappa shape index (κ3) is 5.20. The van der Waals surface area contributed by atoms with Crippen LogP contribution in [0.25, 0.3) is 0 Å². The summed E-state index contributed by atoms with van der Waals surface area (Å²) in [4.78, 5) is 4.63. The molecule has 0 aromatic heterocycles. The van der Waals surface area contributed by atoms with Gasteiger partial charge in [0.15, 0.2) is 0 Å². The van der Waals surface area contributed by atoms with Crippen molar-refractivity contribution in [1.82, 2.24) is 4.90 Å². The van der Waals surface area contributed by atoms with E-state index in [1.807, 2.05) is 36.4 Å². The molecule has 7 heteroatoms. The Morgan fingerprint density at radius 2 is 1.56 bits per heavy atom. The topological polar surface area (TPSA) is 52.6 Å². The van der Waals surface area contributed by atoms with Crippen LogP contribution in [0.2, 0.25) is 0 Å². The number of nitrogens with zero attached hydrogens (tertiary/aromatic N) is 2. The first kappa shape index (κ1) is 18.2.